The van der Waals surface area contributed by atoms with Crippen molar-refractivity contribution < 1.29 is 0 Å². The lowest BCUT2D eigenvalue weighted by Gasteiger charge is -2.22. The van der Waals surface area contributed by atoms with Crippen molar-refractivity contribution in [3.63, 3.8) is 0 Å². The zero-order valence-electron chi connectivity index (χ0n) is 12.2. The summed E-state index contributed by atoms with van der Waals surface area (Å²) in [5, 5.41) is 4.21. The fourth-order valence-electron chi connectivity index (χ4n) is 2.70. The van der Waals surface area contributed by atoms with Gasteiger partial charge in [0.15, 0.2) is 0 Å². The van der Waals surface area contributed by atoms with Crippen LogP contribution in [-0.2, 0) is 0 Å². The monoisotopic (exact) mass is 280 g/mol. The average molecular weight is 281 g/mol. The van der Waals surface area contributed by atoms with Crippen molar-refractivity contribution in [1.29, 1.82) is 0 Å². The number of rotatable bonds is 7. The molecule has 0 heterocycles. The van der Waals surface area contributed by atoms with E-state index in [9.17, 15) is 0 Å². The fourth-order valence-corrected chi connectivity index (χ4v) is 2.89. The molecule has 106 valence electrons. The number of nitrogens with one attached hydrogen (secondary N) is 1. The second-order valence-electron chi connectivity index (χ2n) is 5.92. The average Bonchev–Trinajstić information content (AvgIpc) is 3.05. The van der Waals surface area contributed by atoms with E-state index < -0.39 is 0 Å². The largest absolute Gasteiger partial charge is 0.313 e. The van der Waals surface area contributed by atoms with Gasteiger partial charge in [-0.25, -0.2) is 0 Å². The topological polar surface area (TPSA) is 15.3 Å². The van der Waals surface area contributed by atoms with Crippen LogP contribution in [0.15, 0.2) is 24.3 Å². The van der Waals surface area contributed by atoms with E-state index in [4.69, 9.17) is 11.6 Å². The molecule has 19 heavy (non-hydrogen) atoms. The summed E-state index contributed by atoms with van der Waals surface area (Å²) in [4.78, 5) is 2.46. The molecule has 2 nitrogen and oxygen atoms in total. The molecule has 0 radical (unpaired) electrons. The molecule has 0 spiro atoms. The molecule has 2 rings (SSSR count). The van der Waals surface area contributed by atoms with E-state index in [-0.39, 0.29) is 0 Å². The lowest BCUT2D eigenvalue weighted by Crippen LogP contribution is -2.27. The molecule has 3 atom stereocenters. The Morgan fingerprint density at radius 2 is 2.21 bits per heavy atom. The standard InChI is InChI=1S/C16H25ClN2/c1-12-9-14(12)11-19(3)8-7-16(18-2)13-5-4-6-15(17)10-13/h4-6,10,12,14,16,18H,7-9,11H2,1-3H3. The Balaban J connectivity index is 1.82. The van der Waals surface area contributed by atoms with E-state index in [1.165, 1.54) is 18.5 Å². The van der Waals surface area contributed by atoms with E-state index in [1.807, 2.05) is 19.2 Å². The van der Waals surface area contributed by atoms with Crippen LogP contribution in [-0.4, -0.2) is 32.1 Å². The predicted octanol–water partition coefficient (Wildman–Crippen LogP) is 3.58. The van der Waals surface area contributed by atoms with E-state index >= 15 is 0 Å². The van der Waals surface area contributed by atoms with Gasteiger partial charge in [-0.1, -0.05) is 30.7 Å². The number of halogens is 1. The second-order valence-corrected chi connectivity index (χ2v) is 6.36. The Labute approximate surface area is 122 Å². The third-order valence-electron chi connectivity index (χ3n) is 4.22. The van der Waals surface area contributed by atoms with E-state index in [0.717, 1.165) is 29.8 Å². The minimum absolute atomic E-state index is 0.387. The first-order chi connectivity index (χ1) is 9.10. The quantitative estimate of drug-likeness (QED) is 0.821. The summed E-state index contributed by atoms with van der Waals surface area (Å²) in [6.45, 7) is 4.72. The van der Waals surface area contributed by atoms with Gasteiger partial charge < -0.3 is 10.2 Å². The fraction of sp³-hybridized carbons (Fsp3) is 0.625. The van der Waals surface area contributed by atoms with E-state index in [1.54, 1.807) is 0 Å². The lowest BCUT2D eigenvalue weighted by molar-refractivity contribution is 0.295. The van der Waals surface area contributed by atoms with Crippen LogP contribution >= 0.6 is 11.6 Å². The van der Waals surface area contributed by atoms with Gasteiger partial charge in [0.05, 0.1) is 0 Å². The van der Waals surface area contributed by atoms with Gasteiger partial charge >= 0.3 is 0 Å². The summed E-state index contributed by atoms with van der Waals surface area (Å²) in [6.07, 6.45) is 2.53. The lowest BCUT2D eigenvalue weighted by atomic mass is 10.0. The summed E-state index contributed by atoms with van der Waals surface area (Å²) in [6, 6.07) is 8.55. The summed E-state index contributed by atoms with van der Waals surface area (Å²) >= 11 is 6.06. The third kappa shape index (κ3) is 4.48. The molecule has 0 bridgehead atoms. The molecule has 1 aromatic rings. The van der Waals surface area contributed by atoms with Crippen LogP contribution in [0, 0.1) is 11.8 Å². The molecule has 0 aliphatic heterocycles. The van der Waals surface area contributed by atoms with Crippen LogP contribution < -0.4 is 5.32 Å². The normalized spacial score (nSPS) is 23.6. The minimum Gasteiger partial charge on any atom is -0.313 e. The maximum absolute atomic E-state index is 6.06. The van der Waals surface area contributed by atoms with Crippen LogP contribution in [0.25, 0.3) is 0 Å². The van der Waals surface area contributed by atoms with Crippen molar-refractivity contribution in [1.82, 2.24) is 10.2 Å². The van der Waals surface area contributed by atoms with Crippen LogP contribution in [0.3, 0.4) is 0 Å². The molecule has 0 aromatic heterocycles. The highest BCUT2D eigenvalue weighted by Gasteiger charge is 2.32. The maximum atomic E-state index is 6.06. The molecule has 1 aliphatic carbocycles. The summed E-state index contributed by atoms with van der Waals surface area (Å²) in [7, 11) is 4.25. The van der Waals surface area contributed by atoms with Gasteiger partial charge in [-0.15, -0.1) is 0 Å². The molecule has 1 aliphatic rings. The van der Waals surface area contributed by atoms with Gasteiger partial charge in [0.1, 0.15) is 0 Å². The zero-order valence-corrected chi connectivity index (χ0v) is 13.0. The van der Waals surface area contributed by atoms with Crippen molar-refractivity contribution >= 4 is 11.6 Å². The SMILES string of the molecule is CNC(CCN(C)CC1CC1C)c1cccc(Cl)c1. The van der Waals surface area contributed by atoms with Crippen molar-refractivity contribution in [2.45, 2.75) is 25.8 Å². The van der Waals surface area contributed by atoms with E-state index in [0.29, 0.717) is 6.04 Å². The molecular weight excluding hydrogens is 256 g/mol. The maximum Gasteiger partial charge on any atom is 0.0409 e. The Bertz CT molecular complexity index is 407. The first-order valence-electron chi connectivity index (χ1n) is 7.21. The molecule has 1 saturated carbocycles. The molecule has 0 amide bonds. The Morgan fingerprint density at radius 1 is 1.47 bits per heavy atom. The van der Waals surface area contributed by atoms with E-state index in [2.05, 4.69) is 36.3 Å². The van der Waals surface area contributed by atoms with Crippen molar-refractivity contribution in [3.05, 3.63) is 34.9 Å². The first kappa shape index (κ1) is 14.8. The van der Waals surface area contributed by atoms with Gasteiger partial charge in [-0.05, 0) is 63.0 Å². The van der Waals surface area contributed by atoms with Gasteiger partial charge in [0.2, 0.25) is 0 Å². The van der Waals surface area contributed by atoms with Gasteiger partial charge in [0.25, 0.3) is 0 Å². The molecule has 1 aromatic carbocycles. The van der Waals surface area contributed by atoms with Crippen LogP contribution in [0.1, 0.15) is 31.4 Å². The first-order valence-corrected chi connectivity index (χ1v) is 7.59. The van der Waals surface area contributed by atoms with Crippen LogP contribution in [0.5, 0.6) is 0 Å². The number of hydrogen-bond acceptors (Lipinski definition) is 2. The number of nitrogens with zero attached hydrogens (tertiary/aromatic N) is 1. The second kappa shape index (κ2) is 6.74. The minimum atomic E-state index is 0.387. The van der Waals surface area contributed by atoms with Crippen LogP contribution in [0.2, 0.25) is 5.02 Å². The highest BCUT2D eigenvalue weighted by molar-refractivity contribution is 6.30. The number of benzene rings is 1. The molecule has 1 N–H and O–H groups in total. The Kier molecular flexibility index (Phi) is 5.26. The zero-order chi connectivity index (χ0) is 13.8. The molecule has 0 saturated heterocycles. The highest BCUT2D eigenvalue weighted by atomic mass is 35.5. The Morgan fingerprint density at radius 3 is 2.79 bits per heavy atom. The van der Waals surface area contributed by atoms with Gasteiger partial charge in [0, 0.05) is 17.6 Å². The summed E-state index contributed by atoms with van der Waals surface area (Å²) in [5.41, 5.74) is 1.28. The summed E-state index contributed by atoms with van der Waals surface area (Å²) in [5.74, 6) is 1.87. The van der Waals surface area contributed by atoms with Crippen LogP contribution in [0.4, 0.5) is 0 Å². The molecule has 3 heteroatoms. The van der Waals surface area contributed by atoms with Gasteiger partial charge in [-0.3, -0.25) is 0 Å². The molecule has 3 unspecified atom stereocenters. The number of hydrogen-bond donors (Lipinski definition) is 1. The third-order valence-corrected chi connectivity index (χ3v) is 4.46. The molecular formula is C16H25ClN2. The molecule has 1 fully saturated rings. The Hall–Kier alpha value is -0.570. The predicted molar refractivity (Wildman–Crippen MR) is 82.6 cm³/mol. The smallest absolute Gasteiger partial charge is 0.0409 e. The van der Waals surface area contributed by atoms with Crippen molar-refractivity contribution in [3.8, 4) is 0 Å². The van der Waals surface area contributed by atoms with Crippen molar-refractivity contribution in [2.75, 3.05) is 27.2 Å². The highest BCUT2D eigenvalue weighted by Crippen LogP contribution is 2.38. The van der Waals surface area contributed by atoms with Gasteiger partial charge in [-0.2, -0.15) is 0 Å². The van der Waals surface area contributed by atoms with Crippen molar-refractivity contribution in [2.24, 2.45) is 11.8 Å². The summed E-state index contributed by atoms with van der Waals surface area (Å²) < 4.78 is 0.